The minimum atomic E-state index is 0.559. The second-order valence-corrected chi connectivity index (χ2v) is 6.63. The molecule has 3 rings (SSSR count). The van der Waals surface area contributed by atoms with Crippen LogP contribution in [0.2, 0.25) is 0 Å². The van der Waals surface area contributed by atoms with Crippen LogP contribution in [0.1, 0.15) is 11.1 Å². The fraction of sp³-hybridized carbons (Fsp3) is 0.211. The third-order valence-corrected chi connectivity index (χ3v) is 4.66. The van der Waals surface area contributed by atoms with Crippen LogP contribution in [0.3, 0.4) is 0 Å². The van der Waals surface area contributed by atoms with Crippen LogP contribution in [0.4, 0.5) is 0 Å². The molecule has 3 aromatic rings. The van der Waals surface area contributed by atoms with Crippen LogP contribution >= 0.6 is 11.8 Å². The molecule has 0 aliphatic rings. The number of nitrogens with zero attached hydrogens (tertiary/aromatic N) is 4. The summed E-state index contributed by atoms with van der Waals surface area (Å²) in [6.07, 6.45) is 0. The Kier molecular flexibility index (Phi) is 5.36. The molecule has 6 heteroatoms. The molecule has 0 N–H and O–H groups in total. The number of thioether (sulfide) groups is 1. The summed E-state index contributed by atoms with van der Waals surface area (Å²) in [6.45, 7) is 2.62. The van der Waals surface area contributed by atoms with Crippen molar-refractivity contribution in [1.29, 1.82) is 5.26 Å². The van der Waals surface area contributed by atoms with Gasteiger partial charge in [0.2, 0.25) is 0 Å². The van der Waals surface area contributed by atoms with Gasteiger partial charge in [-0.2, -0.15) is 5.26 Å². The molecule has 1 aromatic heterocycles. The molecule has 5 nitrogen and oxygen atoms in total. The topological polar surface area (TPSA) is 63.7 Å². The van der Waals surface area contributed by atoms with E-state index in [-0.39, 0.29) is 0 Å². The van der Waals surface area contributed by atoms with Crippen molar-refractivity contribution in [1.82, 2.24) is 14.8 Å². The summed E-state index contributed by atoms with van der Waals surface area (Å²) in [6, 6.07) is 17.4. The van der Waals surface area contributed by atoms with Crippen molar-refractivity contribution < 1.29 is 4.74 Å². The minimum absolute atomic E-state index is 0.559. The van der Waals surface area contributed by atoms with Gasteiger partial charge in [0.25, 0.3) is 0 Å². The largest absolute Gasteiger partial charge is 0.493 e. The molecule has 1 heterocycles. The third-order valence-electron chi connectivity index (χ3n) is 3.68. The van der Waals surface area contributed by atoms with Crippen LogP contribution in [-0.4, -0.2) is 27.1 Å². The first-order chi connectivity index (χ1) is 12.2. The lowest BCUT2D eigenvalue weighted by atomic mass is 10.1. The zero-order chi connectivity index (χ0) is 17.6. The Morgan fingerprint density at radius 1 is 1.16 bits per heavy atom. The van der Waals surface area contributed by atoms with Crippen LogP contribution in [0, 0.1) is 18.3 Å². The summed E-state index contributed by atoms with van der Waals surface area (Å²) >= 11 is 1.61. The molecule has 0 saturated heterocycles. The predicted molar refractivity (Wildman–Crippen MR) is 98.6 cm³/mol. The molecule has 0 bridgehead atoms. The summed E-state index contributed by atoms with van der Waals surface area (Å²) < 4.78 is 7.69. The maximum atomic E-state index is 8.78. The summed E-state index contributed by atoms with van der Waals surface area (Å²) in [5.41, 5.74) is 2.89. The highest BCUT2D eigenvalue weighted by molar-refractivity contribution is 7.99. The van der Waals surface area contributed by atoms with Gasteiger partial charge in [-0.05, 0) is 37.3 Å². The second kappa shape index (κ2) is 7.86. The molecule has 0 atom stereocenters. The van der Waals surface area contributed by atoms with Crippen LogP contribution in [0.25, 0.3) is 11.4 Å². The smallest absolute Gasteiger partial charge is 0.191 e. The number of benzene rings is 2. The number of hydrogen-bond donors (Lipinski definition) is 0. The normalized spacial score (nSPS) is 10.4. The lowest BCUT2D eigenvalue weighted by Gasteiger charge is -2.06. The Morgan fingerprint density at radius 2 is 1.96 bits per heavy atom. The Hall–Kier alpha value is -2.78. The maximum absolute atomic E-state index is 8.78. The quantitative estimate of drug-likeness (QED) is 0.499. The fourth-order valence-corrected chi connectivity index (χ4v) is 3.12. The van der Waals surface area contributed by atoms with E-state index in [1.807, 2.05) is 23.7 Å². The van der Waals surface area contributed by atoms with Gasteiger partial charge in [-0.15, -0.1) is 10.2 Å². The van der Waals surface area contributed by atoms with Gasteiger partial charge in [0.05, 0.1) is 18.2 Å². The summed E-state index contributed by atoms with van der Waals surface area (Å²) in [5.74, 6) is 2.39. The van der Waals surface area contributed by atoms with E-state index in [0.29, 0.717) is 12.2 Å². The number of rotatable bonds is 6. The van der Waals surface area contributed by atoms with Crippen molar-refractivity contribution in [3.8, 4) is 23.2 Å². The summed E-state index contributed by atoms with van der Waals surface area (Å²) in [4.78, 5) is 0. The fourth-order valence-electron chi connectivity index (χ4n) is 2.39. The minimum Gasteiger partial charge on any atom is -0.493 e. The maximum Gasteiger partial charge on any atom is 0.191 e. The second-order valence-electron chi connectivity index (χ2n) is 5.57. The Balaban J connectivity index is 1.56. The van der Waals surface area contributed by atoms with Crippen LogP contribution in [0.15, 0.2) is 53.7 Å². The Bertz CT molecular complexity index is 897. The molecule has 126 valence electrons. The van der Waals surface area contributed by atoms with Crippen molar-refractivity contribution in [2.24, 2.45) is 7.05 Å². The highest BCUT2D eigenvalue weighted by Gasteiger charge is 2.11. The van der Waals surface area contributed by atoms with Gasteiger partial charge >= 0.3 is 0 Å². The standard InChI is InChI=1S/C19H18N4OS/c1-14-4-3-5-16(12-14)18-21-22-19(23(18)2)25-11-10-24-17-8-6-15(13-20)7-9-17/h3-9,12H,10-11H2,1-2H3. The highest BCUT2D eigenvalue weighted by atomic mass is 32.2. The summed E-state index contributed by atoms with van der Waals surface area (Å²) in [7, 11) is 1.97. The molecule has 0 radical (unpaired) electrons. The number of aryl methyl sites for hydroxylation is 1. The van der Waals surface area contributed by atoms with Crippen molar-refractivity contribution in [3.63, 3.8) is 0 Å². The molecule has 0 amide bonds. The van der Waals surface area contributed by atoms with Crippen molar-refractivity contribution in [2.45, 2.75) is 12.1 Å². The van der Waals surface area contributed by atoms with Gasteiger partial charge in [0.1, 0.15) is 5.75 Å². The SMILES string of the molecule is Cc1cccc(-c2nnc(SCCOc3ccc(C#N)cc3)n2C)c1. The van der Waals surface area contributed by atoms with E-state index in [4.69, 9.17) is 10.00 Å². The van der Waals surface area contributed by atoms with Crippen LogP contribution in [-0.2, 0) is 7.05 Å². The molecular weight excluding hydrogens is 332 g/mol. The van der Waals surface area contributed by atoms with Gasteiger partial charge in [-0.1, -0.05) is 35.5 Å². The lowest BCUT2D eigenvalue weighted by molar-refractivity contribution is 0.344. The molecule has 0 aliphatic carbocycles. The van der Waals surface area contributed by atoms with E-state index in [1.165, 1.54) is 5.56 Å². The van der Waals surface area contributed by atoms with Crippen LogP contribution in [0.5, 0.6) is 5.75 Å². The van der Waals surface area contributed by atoms with E-state index < -0.39 is 0 Å². The molecule has 0 aliphatic heterocycles. The van der Waals surface area contributed by atoms with E-state index in [2.05, 4.69) is 35.3 Å². The van der Waals surface area contributed by atoms with Gasteiger partial charge in [-0.25, -0.2) is 0 Å². The zero-order valence-corrected chi connectivity index (χ0v) is 15.0. The third kappa shape index (κ3) is 4.20. The zero-order valence-electron chi connectivity index (χ0n) is 14.1. The van der Waals surface area contributed by atoms with Crippen molar-refractivity contribution >= 4 is 11.8 Å². The average Bonchev–Trinajstić information content (AvgIpc) is 3.00. The Labute approximate surface area is 151 Å². The highest BCUT2D eigenvalue weighted by Crippen LogP contribution is 2.23. The number of ether oxygens (including phenoxy) is 1. The first-order valence-corrected chi connectivity index (χ1v) is 8.88. The average molecular weight is 350 g/mol. The summed E-state index contributed by atoms with van der Waals surface area (Å²) in [5, 5.41) is 18.2. The molecular formula is C19H18N4OS. The molecule has 0 unspecified atom stereocenters. The predicted octanol–water partition coefficient (Wildman–Crippen LogP) is 3.83. The molecule has 2 aromatic carbocycles. The molecule has 25 heavy (non-hydrogen) atoms. The number of aromatic nitrogens is 3. The van der Waals surface area contributed by atoms with Gasteiger partial charge in [-0.3, -0.25) is 0 Å². The Morgan fingerprint density at radius 3 is 2.68 bits per heavy atom. The van der Waals surface area contributed by atoms with Gasteiger partial charge in [0, 0.05) is 18.4 Å². The lowest BCUT2D eigenvalue weighted by Crippen LogP contribution is -2.02. The first kappa shape index (κ1) is 17.1. The van der Waals surface area contributed by atoms with Gasteiger partial charge in [0.15, 0.2) is 11.0 Å². The number of nitriles is 1. The first-order valence-electron chi connectivity index (χ1n) is 7.89. The number of hydrogen-bond acceptors (Lipinski definition) is 5. The van der Waals surface area contributed by atoms with E-state index in [0.717, 1.165) is 28.0 Å². The van der Waals surface area contributed by atoms with E-state index >= 15 is 0 Å². The molecule has 0 saturated carbocycles. The van der Waals surface area contributed by atoms with E-state index in [1.54, 1.807) is 36.0 Å². The molecule has 0 fully saturated rings. The van der Waals surface area contributed by atoms with Gasteiger partial charge < -0.3 is 9.30 Å². The van der Waals surface area contributed by atoms with Crippen LogP contribution < -0.4 is 4.74 Å². The molecule has 0 spiro atoms. The van der Waals surface area contributed by atoms with Crippen molar-refractivity contribution in [3.05, 3.63) is 59.7 Å². The van der Waals surface area contributed by atoms with Crippen molar-refractivity contribution in [2.75, 3.05) is 12.4 Å². The monoisotopic (exact) mass is 350 g/mol. The van der Waals surface area contributed by atoms with E-state index in [9.17, 15) is 0 Å².